The summed E-state index contributed by atoms with van der Waals surface area (Å²) in [4.78, 5) is 11.8. The number of anilines is 1. The number of carbonyl (C=O) groups excluding carboxylic acids is 1. The van der Waals surface area contributed by atoms with Gasteiger partial charge < -0.3 is 10.6 Å². The number of hydrogen-bond acceptors (Lipinski definition) is 2. The van der Waals surface area contributed by atoms with E-state index in [9.17, 15) is 4.79 Å². The maximum absolute atomic E-state index is 11.8. The molecule has 0 fully saturated rings. The van der Waals surface area contributed by atoms with Gasteiger partial charge in [0.15, 0.2) is 0 Å². The number of rotatable bonds is 7. The molecule has 0 aliphatic carbocycles. The number of halogens is 2. The molecule has 0 aliphatic heterocycles. The van der Waals surface area contributed by atoms with Crippen LogP contribution < -0.4 is 10.6 Å². The smallest absolute Gasteiger partial charge is 0.221 e. The quantitative estimate of drug-likeness (QED) is 0.797. The second-order valence-electron chi connectivity index (χ2n) is 4.88. The van der Waals surface area contributed by atoms with Crippen molar-refractivity contribution in [2.45, 2.75) is 12.8 Å². The van der Waals surface area contributed by atoms with E-state index in [1.807, 2.05) is 36.4 Å². The highest BCUT2D eigenvalue weighted by atomic mass is 35.5. The molecule has 116 valence electrons. The van der Waals surface area contributed by atoms with Gasteiger partial charge in [0.1, 0.15) is 0 Å². The SMILES string of the molecule is O=C(CCNc1ccccc1)NCCc1ccc(Cl)cc1Cl. The Kier molecular flexibility index (Phi) is 6.56. The van der Waals surface area contributed by atoms with Gasteiger partial charge in [0.05, 0.1) is 0 Å². The highest BCUT2D eigenvalue weighted by Gasteiger charge is 2.04. The molecule has 5 heteroatoms. The summed E-state index contributed by atoms with van der Waals surface area (Å²) in [5, 5.41) is 7.34. The lowest BCUT2D eigenvalue weighted by Gasteiger charge is -2.08. The minimum absolute atomic E-state index is 0.0218. The molecule has 0 spiro atoms. The molecule has 0 bridgehead atoms. The summed E-state index contributed by atoms with van der Waals surface area (Å²) in [6.45, 7) is 1.17. The lowest BCUT2D eigenvalue weighted by molar-refractivity contribution is -0.120. The Balaban J connectivity index is 1.65. The molecule has 0 radical (unpaired) electrons. The maximum Gasteiger partial charge on any atom is 0.221 e. The van der Waals surface area contributed by atoms with Gasteiger partial charge >= 0.3 is 0 Å². The first kappa shape index (κ1) is 16.7. The molecule has 2 N–H and O–H groups in total. The number of carbonyl (C=O) groups is 1. The van der Waals surface area contributed by atoms with Crippen LogP contribution >= 0.6 is 23.2 Å². The summed E-state index contributed by atoms with van der Waals surface area (Å²) in [5.74, 6) is 0.0218. The van der Waals surface area contributed by atoms with Crippen LogP contribution in [0.15, 0.2) is 48.5 Å². The molecule has 1 amide bonds. The molecule has 3 nitrogen and oxygen atoms in total. The van der Waals surface area contributed by atoms with Crippen molar-refractivity contribution in [2.75, 3.05) is 18.4 Å². The molecule has 22 heavy (non-hydrogen) atoms. The van der Waals surface area contributed by atoms with Crippen LogP contribution in [-0.2, 0) is 11.2 Å². The van der Waals surface area contributed by atoms with Crippen molar-refractivity contribution >= 4 is 34.8 Å². The Morgan fingerprint density at radius 2 is 1.77 bits per heavy atom. The van der Waals surface area contributed by atoms with Crippen LogP contribution in [0.4, 0.5) is 5.69 Å². The average Bonchev–Trinajstić information content (AvgIpc) is 2.50. The van der Waals surface area contributed by atoms with Gasteiger partial charge in [0, 0.05) is 35.2 Å². The predicted octanol–water partition coefficient (Wildman–Crippen LogP) is 4.15. The van der Waals surface area contributed by atoms with Gasteiger partial charge in [-0.2, -0.15) is 0 Å². The molecular weight excluding hydrogens is 319 g/mol. The first-order valence-electron chi connectivity index (χ1n) is 7.15. The fourth-order valence-corrected chi connectivity index (χ4v) is 2.53. The summed E-state index contributed by atoms with van der Waals surface area (Å²) in [6.07, 6.45) is 1.12. The van der Waals surface area contributed by atoms with E-state index in [1.165, 1.54) is 0 Å². The third kappa shape index (κ3) is 5.58. The van der Waals surface area contributed by atoms with E-state index >= 15 is 0 Å². The van der Waals surface area contributed by atoms with Crippen LogP contribution in [0, 0.1) is 0 Å². The average molecular weight is 337 g/mol. The molecule has 2 aromatic carbocycles. The number of hydrogen-bond donors (Lipinski definition) is 2. The summed E-state index contributed by atoms with van der Waals surface area (Å²) < 4.78 is 0. The third-order valence-electron chi connectivity index (χ3n) is 3.19. The highest BCUT2D eigenvalue weighted by Crippen LogP contribution is 2.21. The first-order chi connectivity index (χ1) is 10.6. The lowest BCUT2D eigenvalue weighted by atomic mass is 10.1. The van der Waals surface area contributed by atoms with Gasteiger partial charge in [-0.3, -0.25) is 4.79 Å². The fourth-order valence-electron chi connectivity index (χ4n) is 2.03. The van der Waals surface area contributed by atoms with Crippen LogP contribution in [0.25, 0.3) is 0 Å². The van der Waals surface area contributed by atoms with Gasteiger partial charge in [-0.25, -0.2) is 0 Å². The Bertz CT molecular complexity index is 617. The minimum Gasteiger partial charge on any atom is -0.385 e. The molecule has 0 saturated heterocycles. The molecular formula is C17H18Cl2N2O. The molecule has 0 unspecified atom stereocenters. The molecule has 0 saturated carbocycles. The second kappa shape index (κ2) is 8.66. The van der Waals surface area contributed by atoms with E-state index in [1.54, 1.807) is 12.1 Å². The number of para-hydroxylation sites is 1. The van der Waals surface area contributed by atoms with E-state index in [4.69, 9.17) is 23.2 Å². The van der Waals surface area contributed by atoms with Crippen molar-refractivity contribution in [1.82, 2.24) is 5.32 Å². The largest absolute Gasteiger partial charge is 0.385 e. The summed E-state index contributed by atoms with van der Waals surface area (Å²) in [6, 6.07) is 15.2. The standard InChI is InChI=1S/C17H18Cl2N2O/c18-14-7-6-13(16(19)12-14)8-10-21-17(22)9-11-20-15-4-2-1-3-5-15/h1-7,12,20H,8-11H2,(H,21,22). The van der Waals surface area contributed by atoms with Gasteiger partial charge in [-0.05, 0) is 36.2 Å². The number of benzene rings is 2. The van der Waals surface area contributed by atoms with Gasteiger partial charge in [0.25, 0.3) is 0 Å². The van der Waals surface area contributed by atoms with E-state index in [-0.39, 0.29) is 5.91 Å². The molecule has 0 aliphatic rings. The molecule has 0 aromatic heterocycles. The summed E-state index contributed by atoms with van der Waals surface area (Å²) >= 11 is 11.9. The topological polar surface area (TPSA) is 41.1 Å². The fraction of sp³-hybridized carbons (Fsp3) is 0.235. The third-order valence-corrected chi connectivity index (χ3v) is 3.77. The maximum atomic E-state index is 11.8. The molecule has 2 rings (SSSR count). The molecule has 0 atom stereocenters. The Hall–Kier alpha value is -1.71. The Morgan fingerprint density at radius 3 is 2.50 bits per heavy atom. The Labute approximate surface area is 140 Å². The Morgan fingerprint density at radius 1 is 1.00 bits per heavy atom. The van der Waals surface area contributed by atoms with Gasteiger partial charge in [-0.1, -0.05) is 47.5 Å². The minimum atomic E-state index is 0.0218. The van der Waals surface area contributed by atoms with Crippen LogP contribution in [-0.4, -0.2) is 19.0 Å². The van der Waals surface area contributed by atoms with Gasteiger partial charge in [-0.15, -0.1) is 0 Å². The number of nitrogens with one attached hydrogen (secondary N) is 2. The zero-order valence-corrected chi connectivity index (χ0v) is 13.6. The van der Waals surface area contributed by atoms with Crippen molar-refractivity contribution in [3.8, 4) is 0 Å². The van der Waals surface area contributed by atoms with Crippen molar-refractivity contribution < 1.29 is 4.79 Å². The molecule has 2 aromatic rings. The summed E-state index contributed by atoms with van der Waals surface area (Å²) in [7, 11) is 0. The van der Waals surface area contributed by atoms with Crippen LogP contribution in [0.2, 0.25) is 10.0 Å². The highest BCUT2D eigenvalue weighted by molar-refractivity contribution is 6.35. The zero-order valence-electron chi connectivity index (χ0n) is 12.1. The van der Waals surface area contributed by atoms with Crippen molar-refractivity contribution in [2.24, 2.45) is 0 Å². The van der Waals surface area contributed by atoms with Crippen LogP contribution in [0.5, 0.6) is 0 Å². The normalized spacial score (nSPS) is 10.3. The first-order valence-corrected chi connectivity index (χ1v) is 7.90. The summed E-state index contributed by atoms with van der Waals surface area (Å²) in [5.41, 5.74) is 2.00. The van der Waals surface area contributed by atoms with Gasteiger partial charge in [0.2, 0.25) is 5.91 Å². The zero-order chi connectivity index (χ0) is 15.8. The van der Waals surface area contributed by atoms with Crippen molar-refractivity contribution in [3.05, 3.63) is 64.1 Å². The monoisotopic (exact) mass is 336 g/mol. The lowest BCUT2D eigenvalue weighted by Crippen LogP contribution is -2.27. The van der Waals surface area contributed by atoms with Crippen LogP contribution in [0.1, 0.15) is 12.0 Å². The number of amides is 1. The second-order valence-corrected chi connectivity index (χ2v) is 5.72. The van der Waals surface area contributed by atoms with E-state index < -0.39 is 0 Å². The van der Waals surface area contributed by atoms with Crippen molar-refractivity contribution in [1.29, 1.82) is 0 Å². The van der Waals surface area contributed by atoms with E-state index in [0.717, 1.165) is 11.3 Å². The van der Waals surface area contributed by atoms with Crippen LogP contribution in [0.3, 0.4) is 0 Å². The van der Waals surface area contributed by atoms with E-state index in [0.29, 0.717) is 36.0 Å². The van der Waals surface area contributed by atoms with Crippen molar-refractivity contribution in [3.63, 3.8) is 0 Å². The molecule has 0 heterocycles. The van der Waals surface area contributed by atoms with E-state index in [2.05, 4.69) is 10.6 Å². The predicted molar refractivity (Wildman–Crippen MR) is 92.7 cm³/mol.